The highest BCUT2D eigenvalue weighted by Gasteiger charge is 2.42. The van der Waals surface area contributed by atoms with E-state index in [2.05, 4.69) is 30.9 Å². The maximum atomic E-state index is 13.9. The third-order valence-corrected chi connectivity index (χ3v) is 8.04. The fourth-order valence-electron chi connectivity index (χ4n) is 5.34. The van der Waals surface area contributed by atoms with E-state index in [0.29, 0.717) is 5.56 Å². The Morgan fingerprint density at radius 2 is 1.77 bits per heavy atom. The van der Waals surface area contributed by atoms with Crippen LogP contribution in [0.5, 0.6) is 5.88 Å². The second kappa shape index (κ2) is 13.1. The maximum absolute atomic E-state index is 13.9. The van der Waals surface area contributed by atoms with Crippen LogP contribution in [0.1, 0.15) is 54.1 Å². The maximum Gasteiger partial charge on any atom is 0.418 e. The number of fused-ring (bicyclic) bond motifs is 1. The van der Waals surface area contributed by atoms with E-state index in [1.165, 1.54) is 12.1 Å². The monoisotopic (exact) mass is 678 g/mol. The number of pyridine rings is 1. The molecule has 2 aromatic heterocycles. The number of rotatable bonds is 10. The van der Waals surface area contributed by atoms with Crippen LogP contribution >= 0.6 is 0 Å². The number of H-pyrrole nitrogens is 1. The minimum atomic E-state index is -4.79. The van der Waals surface area contributed by atoms with Crippen molar-refractivity contribution in [2.24, 2.45) is 11.3 Å². The Balaban J connectivity index is 1.38. The van der Waals surface area contributed by atoms with Gasteiger partial charge in [0.2, 0.25) is 17.7 Å². The van der Waals surface area contributed by atoms with Gasteiger partial charge in [0.15, 0.2) is 12.3 Å². The van der Waals surface area contributed by atoms with E-state index in [1.807, 2.05) is 0 Å². The van der Waals surface area contributed by atoms with E-state index in [4.69, 9.17) is 9.47 Å². The lowest BCUT2D eigenvalue weighted by molar-refractivity contribution is -0.182. The molecule has 1 saturated heterocycles. The molecule has 1 aliphatic heterocycles. The number of aromatic amines is 1. The summed E-state index contributed by atoms with van der Waals surface area (Å²) in [6.45, 7) is 0.923. The quantitative estimate of drug-likeness (QED) is 0.198. The summed E-state index contributed by atoms with van der Waals surface area (Å²) in [5.74, 6) is -3.44. The topological polar surface area (TPSA) is 130 Å². The highest BCUT2D eigenvalue weighted by atomic mass is 19.4. The molecule has 10 nitrogen and oxygen atoms in total. The van der Waals surface area contributed by atoms with Gasteiger partial charge in [-0.15, -0.1) is 0 Å². The summed E-state index contributed by atoms with van der Waals surface area (Å²) in [7, 11) is 0. The predicted molar refractivity (Wildman–Crippen MR) is 150 cm³/mol. The molecule has 2 aliphatic rings. The van der Waals surface area contributed by atoms with Gasteiger partial charge in [-0.1, -0.05) is 6.07 Å². The number of nitrogens with zero attached hydrogens (tertiary/aromatic N) is 2. The van der Waals surface area contributed by atoms with Gasteiger partial charge in [0.25, 0.3) is 12.3 Å². The number of aromatic nitrogens is 3. The van der Waals surface area contributed by atoms with Crippen molar-refractivity contribution in [2.75, 3.05) is 25.1 Å². The summed E-state index contributed by atoms with van der Waals surface area (Å²) in [4.78, 5) is 36.4. The number of carbonyl (C=O) groups is 2. The molecule has 0 spiro atoms. The Morgan fingerprint density at radius 3 is 2.36 bits per heavy atom. The number of anilines is 2. The van der Waals surface area contributed by atoms with Crippen molar-refractivity contribution < 1.29 is 54.2 Å². The molecule has 0 unspecified atom stereocenters. The van der Waals surface area contributed by atoms with E-state index < -0.39 is 65.8 Å². The Morgan fingerprint density at radius 1 is 1.06 bits per heavy atom. The molecule has 2 amide bonds. The Bertz CT molecular complexity index is 1610. The van der Waals surface area contributed by atoms with Gasteiger partial charge in [0.05, 0.1) is 35.8 Å². The molecule has 0 atom stereocenters. The molecule has 2 fully saturated rings. The second-order valence-corrected chi connectivity index (χ2v) is 11.8. The van der Waals surface area contributed by atoms with E-state index >= 15 is 0 Å². The van der Waals surface area contributed by atoms with Gasteiger partial charge < -0.3 is 30.4 Å². The fourth-order valence-corrected chi connectivity index (χ4v) is 5.34. The van der Waals surface area contributed by atoms with Crippen LogP contribution in [0.4, 0.5) is 46.8 Å². The Hall–Kier alpha value is -4.22. The van der Waals surface area contributed by atoms with Crippen LogP contribution in [0.3, 0.4) is 0 Å². The standard InChI is InChI=1S/C29H30F8N6O4/c1-27(12-46-13-27)25(45)38-10-14-2-7-18(29(35,36)37)19(8-14)40-26-41-20-9-17(24(42-22(20)43-26)47-11-21(30)31)23(44)39-16-5-3-15(4-6-16)28(32,33)34/h2,7-9,15-16,21H,3-6,10-13H2,1H3,(H,38,45)(H,39,44)(H2,40,41,42,43)/t15-,16-. The summed E-state index contributed by atoms with van der Waals surface area (Å²) < 4.78 is 117. The Kier molecular flexibility index (Phi) is 9.52. The van der Waals surface area contributed by atoms with Crippen LogP contribution in [-0.2, 0) is 22.3 Å². The van der Waals surface area contributed by atoms with Gasteiger partial charge in [0, 0.05) is 12.6 Å². The van der Waals surface area contributed by atoms with Crippen LogP contribution < -0.4 is 20.7 Å². The van der Waals surface area contributed by atoms with Crippen molar-refractivity contribution in [1.29, 1.82) is 0 Å². The van der Waals surface area contributed by atoms with Crippen LogP contribution in [0.2, 0.25) is 0 Å². The summed E-state index contributed by atoms with van der Waals surface area (Å²) >= 11 is 0. The zero-order valence-electron chi connectivity index (χ0n) is 24.7. The molecule has 18 heteroatoms. The van der Waals surface area contributed by atoms with Gasteiger partial charge in [-0.3, -0.25) is 9.59 Å². The van der Waals surface area contributed by atoms with E-state index in [0.717, 1.165) is 12.1 Å². The molecule has 5 rings (SSSR count). The normalized spacial score (nSPS) is 19.7. The number of alkyl halides is 8. The predicted octanol–water partition coefficient (Wildman–Crippen LogP) is 5.87. The van der Waals surface area contributed by atoms with Crippen LogP contribution in [-0.4, -0.2) is 65.2 Å². The van der Waals surface area contributed by atoms with Gasteiger partial charge in [-0.05, 0) is 56.4 Å². The molecule has 3 heterocycles. The number of benzene rings is 1. The minimum Gasteiger partial charge on any atom is -0.471 e. The molecule has 0 bridgehead atoms. The molecule has 1 aliphatic carbocycles. The number of amides is 2. The lowest BCUT2D eigenvalue weighted by Crippen LogP contribution is -2.51. The second-order valence-electron chi connectivity index (χ2n) is 11.8. The van der Waals surface area contributed by atoms with Crippen molar-refractivity contribution in [2.45, 2.75) is 64.0 Å². The van der Waals surface area contributed by atoms with Crippen molar-refractivity contribution >= 4 is 34.6 Å². The largest absolute Gasteiger partial charge is 0.471 e. The number of carbonyl (C=O) groups excluding carboxylic acids is 2. The van der Waals surface area contributed by atoms with Gasteiger partial charge >= 0.3 is 12.4 Å². The third-order valence-electron chi connectivity index (χ3n) is 8.04. The summed E-state index contributed by atoms with van der Waals surface area (Å²) in [6, 6.07) is 3.72. The lowest BCUT2D eigenvalue weighted by Gasteiger charge is -2.36. The average Bonchev–Trinajstić information content (AvgIpc) is 3.37. The number of nitrogens with one attached hydrogen (secondary N) is 4. The zero-order chi connectivity index (χ0) is 34.1. The first-order valence-electron chi connectivity index (χ1n) is 14.5. The number of ether oxygens (including phenoxy) is 2. The summed E-state index contributed by atoms with van der Waals surface area (Å²) in [5, 5.41) is 7.80. The van der Waals surface area contributed by atoms with Crippen LogP contribution in [0, 0.1) is 11.3 Å². The summed E-state index contributed by atoms with van der Waals surface area (Å²) in [5.41, 5.74) is -2.38. The molecule has 47 heavy (non-hydrogen) atoms. The van der Waals surface area contributed by atoms with E-state index in [1.54, 1.807) is 6.92 Å². The van der Waals surface area contributed by atoms with Gasteiger partial charge in [0.1, 0.15) is 11.1 Å². The lowest BCUT2D eigenvalue weighted by atomic mass is 9.85. The van der Waals surface area contributed by atoms with Crippen molar-refractivity contribution in [1.82, 2.24) is 25.6 Å². The summed E-state index contributed by atoms with van der Waals surface area (Å²) in [6.07, 6.45) is -12.4. The molecule has 4 N–H and O–H groups in total. The average molecular weight is 679 g/mol. The van der Waals surface area contributed by atoms with Crippen molar-refractivity contribution in [3.63, 3.8) is 0 Å². The molecule has 1 aromatic carbocycles. The molecule has 3 aromatic rings. The molecule has 1 saturated carbocycles. The van der Waals surface area contributed by atoms with Crippen LogP contribution in [0.25, 0.3) is 11.2 Å². The van der Waals surface area contributed by atoms with Gasteiger partial charge in [-0.2, -0.15) is 31.3 Å². The highest BCUT2D eigenvalue weighted by Crippen LogP contribution is 2.39. The minimum absolute atomic E-state index is 0.0350. The van der Waals surface area contributed by atoms with E-state index in [-0.39, 0.29) is 74.0 Å². The SMILES string of the molecule is CC1(C(=O)NCc2ccc(C(F)(F)F)c(Nc3nc4cc(C(=O)N[C@H]5CC[C@H](C(F)(F)F)CC5)c(OCC(F)F)nc4[nH]3)c2)COC1. The molecule has 0 radical (unpaired) electrons. The third kappa shape index (κ3) is 8.02. The van der Waals surface area contributed by atoms with Crippen molar-refractivity contribution in [3.8, 4) is 5.88 Å². The van der Waals surface area contributed by atoms with Crippen LogP contribution in [0.15, 0.2) is 24.3 Å². The number of hydrogen-bond acceptors (Lipinski definition) is 7. The van der Waals surface area contributed by atoms with E-state index in [9.17, 15) is 44.7 Å². The number of imidazole rings is 1. The van der Waals surface area contributed by atoms with Crippen molar-refractivity contribution in [3.05, 3.63) is 41.0 Å². The van der Waals surface area contributed by atoms with Gasteiger partial charge in [-0.25, -0.2) is 13.8 Å². The fraction of sp³-hybridized carbons (Fsp3) is 0.517. The number of hydrogen-bond donors (Lipinski definition) is 4. The zero-order valence-corrected chi connectivity index (χ0v) is 24.7. The Labute approximate surface area is 262 Å². The molecular formula is C29H30F8N6O4. The highest BCUT2D eigenvalue weighted by molar-refractivity contribution is 5.99. The first-order chi connectivity index (χ1) is 22.0. The molecule has 256 valence electrons. The smallest absolute Gasteiger partial charge is 0.418 e. The number of halogens is 8. The first kappa shape index (κ1) is 34.1. The molecular weight excluding hydrogens is 648 g/mol. The first-order valence-corrected chi connectivity index (χ1v) is 14.5.